The minimum absolute atomic E-state index is 0.743. The zero-order valence-corrected chi connectivity index (χ0v) is 13.9. The highest BCUT2D eigenvalue weighted by Crippen LogP contribution is 2.28. The lowest BCUT2D eigenvalue weighted by Gasteiger charge is -2.35. The van der Waals surface area contributed by atoms with Gasteiger partial charge in [-0.2, -0.15) is 5.10 Å². The Balaban J connectivity index is 1.59. The zero-order chi connectivity index (χ0) is 16.1. The van der Waals surface area contributed by atoms with Crippen LogP contribution in [0.25, 0.3) is 0 Å². The van der Waals surface area contributed by atoms with Crippen LogP contribution in [-0.4, -0.2) is 44.5 Å². The number of para-hydroxylation sites is 2. The molecule has 4 nitrogen and oxygen atoms in total. The average molecular weight is 330 g/mol. The first-order valence-corrected chi connectivity index (χ1v) is 8.06. The monoisotopic (exact) mass is 329 g/mol. The van der Waals surface area contributed by atoms with Gasteiger partial charge in [-0.25, -0.2) is 0 Å². The van der Waals surface area contributed by atoms with E-state index in [1.54, 1.807) is 7.11 Å². The second-order valence-electron chi connectivity index (χ2n) is 5.41. The highest BCUT2D eigenvalue weighted by Gasteiger charge is 2.18. The van der Waals surface area contributed by atoms with Crippen LogP contribution in [-0.2, 0) is 0 Å². The molecule has 0 aliphatic carbocycles. The molecule has 0 unspecified atom stereocenters. The summed E-state index contributed by atoms with van der Waals surface area (Å²) in [5.41, 5.74) is 2.21. The molecule has 1 aliphatic rings. The van der Waals surface area contributed by atoms with Gasteiger partial charge in [0.05, 0.1) is 32.1 Å². The van der Waals surface area contributed by atoms with Gasteiger partial charge in [0.2, 0.25) is 0 Å². The summed E-state index contributed by atoms with van der Waals surface area (Å²) in [7, 11) is 1.71. The summed E-state index contributed by atoms with van der Waals surface area (Å²) >= 11 is 5.89. The Hall–Kier alpha value is -2.20. The maximum Gasteiger partial charge on any atom is 0.142 e. The quantitative estimate of drug-likeness (QED) is 0.804. The van der Waals surface area contributed by atoms with Crippen molar-refractivity contribution < 1.29 is 4.74 Å². The number of hydrogen-bond donors (Lipinski definition) is 0. The molecule has 0 spiro atoms. The molecule has 23 heavy (non-hydrogen) atoms. The van der Waals surface area contributed by atoms with E-state index in [1.165, 1.54) is 0 Å². The minimum atomic E-state index is 0.743. The number of halogens is 1. The van der Waals surface area contributed by atoms with E-state index in [1.807, 2.05) is 48.7 Å². The van der Waals surface area contributed by atoms with Crippen LogP contribution in [0.5, 0.6) is 5.75 Å². The summed E-state index contributed by atoms with van der Waals surface area (Å²) in [4.78, 5) is 2.34. The zero-order valence-electron chi connectivity index (χ0n) is 13.2. The number of rotatable bonds is 4. The van der Waals surface area contributed by atoms with Gasteiger partial charge in [0.1, 0.15) is 5.75 Å². The average Bonchev–Trinajstić information content (AvgIpc) is 2.62. The van der Waals surface area contributed by atoms with Crippen molar-refractivity contribution in [1.29, 1.82) is 0 Å². The molecule has 0 amide bonds. The molecule has 1 saturated heterocycles. The van der Waals surface area contributed by atoms with Gasteiger partial charge in [0, 0.05) is 18.1 Å². The van der Waals surface area contributed by atoms with E-state index in [4.69, 9.17) is 16.3 Å². The van der Waals surface area contributed by atoms with Crippen LogP contribution >= 0.6 is 11.6 Å². The molecule has 0 aromatic heterocycles. The second kappa shape index (κ2) is 7.38. The predicted molar refractivity (Wildman–Crippen MR) is 95.8 cm³/mol. The van der Waals surface area contributed by atoms with Crippen LogP contribution in [0, 0.1) is 0 Å². The Morgan fingerprint density at radius 2 is 1.70 bits per heavy atom. The molecule has 2 aromatic rings. The number of hydrazone groups is 1. The normalized spacial score (nSPS) is 15.2. The third kappa shape index (κ3) is 3.96. The van der Waals surface area contributed by atoms with Gasteiger partial charge < -0.3 is 9.64 Å². The Kier molecular flexibility index (Phi) is 5.03. The molecular weight excluding hydrogens is 310 g/mol. The van der Waals surface area contributed by atoms with Crippen molar-refractivity contribution in [1.82, 2.24) is 5.01 Å². The van der Waals surface area contributed by atoms with E-state index >= 15 is 0 Å². The second-order valence-corrected chi connectivity index (χ2v) is 5.85. The van der Waals surface area contributed by atoms with Gasteiger partial charge in [-0.1, -0.05) is 35.9 Å². The fourth-order valence-electron chi connectivity index (χ4n) is 2.64. The van der Waals surface area contributed by atoms with Gasteiger partial charge in [0.25, 0.3) is 0 Å². The minimum Gasteiger partial charge on any atom is -0.495 e. The third-order valence-corrected chi connectivity index (χ3v) is 4.17. The van der Waals surface area contributed by atoms with E-state index in [2.05, 4.69) is 21.1 Å². The lowest BCUT2D eigenvalue weighted by molar-refractivity contribution is 0.271. The first-order chi connectivity index (χ1) is 11.3. The fourth-order valence-corrected chi connectivity index (χ4v) is 2.77. The number of hydrogen-bond acceptors (Lipinski definition) is 4. The largest absolute Gasteiger partial charge is 0.495 e. The third-order valence-electron chi connectivity index (χ3n) is 3.92. The lowest BCUT2D eigenvalue weighted by atomic mass is 10.2. The molecule has 0 saturated carbocycles. The van der Waals surface area contributed by atoms with Crippen LogP contribution in [0.3, 0.4) is 0 Å². The molecular formula is C18H20ClN3O. The fraction of sp³-hybridized carbons (Fsp3) is 0.278. The van der Waals surface area contributed by atoms with Crippen molar-refractivity contribution in [3.8, 4) is 5.75 Å². The van der Waals surface area contributed by atoms with Crippen LogP contribution in [0.1, 0.15) is 5.56 Å². The van der Waals surface area contributed by atoms with Crippen molar-refractivity contribution in [2.75, 3.05) is 38.2 Å². The highest BCUT2D eigenvalue weighted by atomic mass is 35.5. The topological polar surface area (TPSA) is 28.1 Å². The summed E-state index contributed by atoms with van der Waals surface area (Å²) < 4.78 is 5.44. The standard InChI is InChI=1S/C18H20ClN3O/c1-23-18-5-3-2-4-17(18)21-10-12-22(13-11-21)20-14-15-6-8-16(19)9-7-15/h2-9,14H,10-13H2,1H3/b20-14-. The molecule has 0 atom stereocenters. The SMILES string of the molecule is COc1ccccc1N1CCN(/N=C\c2ccc(Cl)cc2)CC1. The van der Waals surface area contributed by atoms with Crippen LogP contribution < -0.4 is 9.64 Å². The maximum atomic E-state index is 5.89. The van der Waals surface area contributed by atoms with E-state index in [-0.39, 0.29) is 0 Å². The Morgan fingerprint density at radius 3 is 2.39 bits per heavy atom. The molecule has 3 rings (SSSR count). The number of piperazine rings is 1. The molecule has 2 aromatic carbocycles. The summed E-state index contributed by atoms with van der Waals surface area (Å²) in [6.45, 7) is 3.64. The predicted octanol–water partition coefficient (Wildman–Crippen LogP) is 3.50. The van der Waals surface area contributed by atoms with E-state index in [0.717, 1.165) is 48.2 Å². The molecule has 1 aliphatic heterocycles. The number of nitrogens with zero attached hydrogens (tertiary/aromatic N) is 3. The molecule has 1 fully saturated rings. The van der Waals surface area contributed by atoms with E-state index < -0.39 is 0 Å². The molecule has 1 heterocycles. The summed E-state index contributed by atoms with van der Waals surface area (Å²) in [5, 5.41) is 7.40. The van der Waals surface area contributed by atoms with Gasteiger partial charge in [-0.05, 0) is 29.8 Å². The summed E-state index contributed by atoms with van der Waals surface area (Å²) in [5.74, 6) is 0.922. The lowest BCUT2D eigenvalue weighted by Crippen LogP contribution is -2.44. The molecule has 0 N–H and O–H groups in total. The van der Waals surface area contributed by atoms with Crippen molar-refractivity contribution in [3.63, 3.8) is 0 Å². The van der Waals surface area contributed by atoms with Gasteiger partial charge in [-0.3, -0.25) is 5.01 Å². The van der Waals surface area contributed by atoms with Gasteiger partial charge in [0.15, 0.2) is 0 Å². The van der Waals surface area contributed by atoms with E-state index in [0.29, 0.717) is 0 Å². The van der Waals surface area contributed by atoms with Crippen LogP contribution in [0.4, 0.5) is 5.69 Å². The Morgan fingerprint density at radius 1 is 1.00 bits per heavy atom. The number of methoxy groups -OCH3 is 1. The summed E-state index contributed by atoms with van der Waals surface area (Å²) in [6.07, 6.45) is 1.88. The van der Waals surface area contributed by atoms with Gasteiger partial charge >= 0.3 is 0 Å². The van der Waals surface area contributed by atoms with Crippen LogP contribution in [0.15, 0.2) is 53.6 Å². The smallest absolute Gasteiger partial charge is 0.142 e. The number of ether oxygens (including phenoxy) is 1. The number of anilines is 1. The maximum absolute atomic E-state index is 5.89. The first-order valence-electron chi connectivity index (χ1n) is 7.69. The van der Waals surface area contributed by atoms with Crippen molar-refractivity contribution in [2.24, 2.45) is 5.10 Å². The molecule has 0 bridgehead atoms. The van der Waals surface area contributed by atoms with Crippen LogP contribution in [0.2, 0.25) is 5.02 Å². The number of benzene rings is 2. The van der Waals surface area contributed by atoms with Gasteiger partial charge in [-0.15, -0.1) is 0 Å². The van der Waals surface area contributed by atoms with E-state index in [9.17, 15) is 0 Å². The molecule has 0 radical (unpaired) electrons. The Labute approximate surface area is 141 Å². The first kappa shape index (κ1) is 15.7. The van der Waals surface area contributed by atoms with Crippen molar-refractivity contribution >= 4 is 23.5 Å². The molecule has 120 valence electrons. The van der Waals surface area contributed by atoms with Crippen molar-refractivity contribution in [3.05, 3.63) is 59.1 Å². The summed E-state index contributed by atoms with van der Waals surface area (Å²) in [6, 6.07) is 15.8. The highest BCUT2D eigenvalue weighted by molar-refractivity contribution is 6.30. The Bertz CT molecular complexity index is 664. The van der Waals surface area contributed by atoms with Crippen molar-refractivity contribution in [2.45, 2.75) is 0 Å². The molecule has 5 heteroatoms.